The predicted molar refractivity (Wildman–Crippen MR) is 122 cm³/mol. The van der Waals surface area contributed by atoms with Gasteiger partial charge in [-0.2, -0.15) is 0 Å². The lowest BCUT2D eigenvalue weighted by atomic mass is 9.98. The molecule has 0 bridgehead atoms. The first-order valence-corrected chi connectivity index (χ1v) is 10.9. The van der Waals surface area contributed by atoms with Gasteiger partial charge >= 0.3 is 5.97 Å². The predicted octanol–water partition coefficient (Wildman–Crippen LogP) is 4.45. The van der Waals surface area contributed by atoms with E-state index in [0.29, 0.717) is 16.3 Å². The lowest BCUT2D eigenvalue weighted by Gasteiger charge is -2.22. The number of ether oxygens (including phenoxy) is 1. The Hall–Kier alpha value is -3.69. The smallest absolute Gasteiger partial charge is 0.350 e. The molecule has 2 aromatic carbocycles. The normalized spacial score (nSPS) is 15.2. The highest BCUT2D eigenvalue weighted by Gasteiger charge is 2.45. The van der Waals surface area contributed by atoms with Crippen LogP contribution in [0.25, 0.3) is 11.0 Å². The van der Waals surface area contributed by atoms with Crippen LogP contribution in [0.4, 0.5) is 5.13 Å². The SMILES string of the molecule is COC(=O)c1sc(N2C(=O)c3oc4ccc(Cl)cc4c(=O)c3C2c2cccc(O)c2)nc1C. The molecule has 8 nitrogen and oxygen atoms in total. The van der Waals surface area contributed by atoms with Crippen LogP contribution in [0.5, 0.6) is 5.75 Å². The molecule has 1 unspecified atom stereocenters. The molecule has 0 saturated carbocycles. The van der Waals surface area contributed by atoms with Crippen LogP contribution >= 0.6 is 22.9 Å². The number of thiazole rings is 1. The molecule has 4 aromatic rings. The molecule has 166 valence electrons. The van der Waals surface area contributed by atoms with Gasteiger partial charge in [-0.05, 0) is 42.8 Å². The largest absolute Gasteiger partial charge is 0.508 e. The van der Waals surface area contributed by atoms with Crippen LogP contribution in [0.3, 0.4) is 0 Å². The van der Waals surface area contributed by atoms with Crippen LogP contribution in [-0.4, -0.2) is 29.1 Å². The molecule has 0 spiro atoms. The van der Waals surface area contributed by atoms with E-state index in [0.717, 1.165) is 11.3 Å². The number of nitrogens with zero attached hydrogens (tertiary/aromatic N) is 2. The van der Waals surface area contributed by atoms with Gasteiger partial charge in [-0.3, -0.25) is 14.5 Å². The van der Waals surface area contributed by atoms with Crippen LogP contribution in [-0.2, 0) is 4.74 Å². The van der Waals surface area contributed by atoms with Gasteiger partial charge in [0.2, 0.25) is 5.76 Å². The number of methoxy groups -OCH3 is 1. The third-order valence-electron chi connectivity index (χ3n) is 5.38. The van der Waals surface area contributed by atoms with Crippen molar-refractivity contribution in [2.24, 2.45) is 0 Å². The number of rotatable bonds is 3. The molecule has 0 aliphatic carbocycles. The second-order valence-electron chi connectivity index (χ2n) is 7.39. The van der Waals surface area contributed by atoms with Crippen LogP contribution in [0.15, 0.2) is 51.7 Å². The second-order valence-corrected chi connectivity index (χ2v) is 8.80. The lowest BCUT2D eigenvalue weighted by Crippen LogP contribution is -2.29. The van der Waals surface area contributed by atoms with E-state index in [2.05, 4.69) is 4.98 Å². The van der Waals surface area contributed by atoms with Crippen LogP contribution in [0.1, 0.15) is 43.1 Å². The monoisotopic (exact) mass is 482 g/mol. The number of esters is 1. The van der Waals surface area contributed by atoms with Gasteiger partial charge in [-0.1, -0.05) is 35.1 Å². The highest BCUT2D eigenvalue weighted by molar-refractivity contribution is 7.17. The molecule has 10 heteroatoms. The third kappa shape index (κ3) is 3.28. The second kappa shape index (κ2) is 7.72. The van der Waals surface area contributed by atoms with E-state index in [9.17, 15) is 19.5 Å². The Morgan fingerprint density at radius 3 is 2.76 bits per heavy atom. The first-order chi connectivity index (χ1) is 15.8. The molecule has 33 heavy (non-hydrogen) atoms. The Balaban J connectivity index is 1.80. The molecular weight excluding hydrogens is 468 g/mol. The number of phenols is 1. The van der Waals surface area contributed by atoms with Gasteiger partial charge in [0.05, 0.1) is 29.8 Å². The summed E-state index contributed by atoms with van der Waals surface area (Å²) in [5.41, 5.74) is 0.769. The van der Waals surface area contributed by atoms with Crippen molar-refractivity contribution in [3.8, 4) is 5.75 Å². The number of phenolic OH excluding ortho intramolecular Hbond substituents is 1. The standard InChI is InChI=1S/C23H15ClN2O6S/c1-10-20(22(30)31-2)33-23(25-10)26-17(11-4-3-5-13(27)8-11)16-18(28)14-9-12(24)6-7-15(14)32-19(16)21(26)29/h3-9,17,27H,1-2H3. The number of carbonyl (C=O) groups is 2. The van der Waals surface area contributed by atoms with Crippen molar-refractivity contribution in [1.29, 1.82) is 0 Å². The van der Waals surface area contributed by atoms with Crippen molar-refractivity contribution in [2.75, 3.05) is 12.0 Å². The summed E-state index contributed by atoms with van der Waals surface area (Å²) in [6.45, 7) is 1.63. The van der Waals surface area contributed by atoms with Crippen molar-refractivity contribution in [2.45, 2.75) is 13.0 Å². The minimum atomic E-state index is -0.935. The molecule has 1 amide bonds. The topological polar surface area (TPSA) is 110 Å². The summed E-state index contributed by atoms with van der Waals surface area (Å²) in [4.78, 5) is 45.2. The Morgan fingerprint density at radius 2 is 2.03 bits per heavy atom. The van der Waals surface area contributed by atoms with Gasteiger partial charge in [0.1, 0.15) is 16.2 Å². The number of hydrogen-bond acceptors (Lipinski definition) is 8. The number of aryl methyl sites for hydroxylation is 1. The quantitative estimate of drug-likeness (QED) is 0.429. The Labute approximate surface area is 195 Å². The average Bonchev–Trinajstić information content (AvgIpc) is 3.31. The van der Waals surface area contributed by atoms with E-state index in [4.69, 9.17) is 20.8 Å². The lowest BCUT2D eigenvalue weighted by molar-refractivity contribution is 0.0605. The minimum absolute atomic E-state index is 0.0351. The number of hydrogen-bond donors (Lipinski definition) is 1. The minimum Gasteiger partial charge on any atom is -0.508 e. The number of anilines is 1. The fraction of sp³-hybridized carbons (Fsp3) is 0.130. The number of benzene rings is 2. The number of fused-ring (bicyclic) bond motifs is 2. The van der Waals surface area contributed by atoms with Crippen LogP contribution < -0.4 is 10.3 Å². The van der Waals surface area contributed by atoms with Crippen molar-refractivity contribution in [3.05, 3.63) is 85.2 Å². The highest BCUT2D eigenvalue weighted by Crippen LogP contribution is 2.43. The van der Waals surface area contributed by atoms with E-state index in [1.165, 1.54) is 36.3 Å². The van der Waals surface area contributed by atoms with E-state index in [-0.39, 0.29) is 38.1 Å². The molecule has 3 heterocycles. The van der Waals surface area contributed by atoms with Gasteiger partial charge < -0.3 is 14.3 Å². The Kier molecular flexibility index (Phi) is 4.95. The molecule has 0 saturated heterocycles. The maximum Gasteiger partial charge on any atom is 0.350 e. The number of aromatic hydroxyl groups is 1. The fourth-order valence-electron chi connectivity index (χ4n) is 3.92. The zero-order valence-electron chi connectivity index (χ0n) is 17.3. The van der Waals surface area contributed by atoms with Gasteiger partial charge in [0, 0.05) is 5.02 Å². The number of amides is 1. The molecule has 5 rings (SSSR count). The van der Waals surface area contributed by atoms with E-state index in [1.54, 1.807) is 25.1 Å². The molecule has 0 fully saturated rings. The van der Waals surface area contributed by atoms with Crippen LogP contribution in [0, 0.1) is 6.92 Å². The first kappa shape index (κ1) is 21.2. The van der Waals surface area contributed by atoms with E-state index < -0.39 is 23.3 Å². The summed E-state index contributed by atoms with van der Waals surface area (Å²) in [7, 11) is 1.26. The molecule has 1 atom stereocenters. The summed E-state index contributed by atoms with van der Waals surface area (Å²) in [5.74, 6) is -1.33. The maximum absolute atomic E-state index is 13.5. The summed E-state index contributed by atoms with van der Waals surface area (Å²) in [6.07, 6.45) is 0. The molecule has 1 N–H and O–H groups in total. The molecule has 1 aliphatic rings. The number of halogens is 1. The van der Waals surface area contributed by atoms with Crippen molar-refractivity contribution < 1.29 is 23.8 Å². The molecule has 0 radical (unpaired) electrons. The zero-order valence-corrected chi connectivity index (χ0v) is 18.9. The van der Waals surface area contributed by atoms with Crippen molar-refractivity contribution in [1.82, 2.24) is 4.98 Å². The Bertz CT molecular complexity index is 1530. The molecular formula is C23H15ClN2O6S. The van der Waals surface area contributed by atoms with Gasteiger partial charge in [0.25, 0.3) is 5.91 Å². The highest BCUT2D eigenvalue weighted by atomic mass is 35.5. The number of carbonyl (C=O) groups excluding carboxylic acids is 2. The van der Waals surface area contributed by atoms with Crippen molar-refractivity contribution in [3.63, 3.8) is 0 Å². The van der Waals surface area contributed by atoms with Gasteiger partial charge in [0.15, 0.2) is 10.6 Å². The number of aromatic nitrogens is 1. The summed E-state index contributed by atoms with van der Waals surface area (Å²) in [6, 6.07) is 9.88. The van der Waals surface area contributed by atoms with Gasteiger partial charge in [-0.25, -0.2) is 9.78 Å². The van der Waals surface area contributed by atoms with Crippen molar-refractivity contribution >= 4 is 50.9 Å². The third-order valence-corrected chi connectivity index (χ3v) is 6.75. The maximum atomic E-state index is 13.5. The van der Waals surface area contributed by atoms with E-state index >= 15 is 0 Å². The Morgan fingerprint density at radius 1 is 1.24 bits per heavy atom. The zero-order chi connectivity index (χ0) is 23.4. The first-order valence-electron chi connectivity index (χ1n) is 9.74. The van der Waals surface area contributed by atoms with Gasteiger partial charge in [-0.15, -0.1) is 0 Å². The van der Waals surface area contributed by atoms with E-state index in [1.807, 2.05) is 0 Å². The summed E-state index contributed by atoms with van der Waals surface area (Å²) >= 11 is 7.06. The summed E-state index contributed by atoms with van der Waals surface area (Å²) < 4.78 is 10.7. The summed E-state index contributed by atoms with van der Waals surface area (Å²) in [5, 5.41) is 10.8. The van der Waals surface area contributed by atoms with Crippen LogP contribution in [0.2, 0.25) is 5.02 Å². The molecule has 2 aromatic heterocycles. The fourth-order valence-corrected chi connectivity index (χ4v) is 5.10. The molecule has 1 aliphatic heterocycles. The average molecular weight is 483 g/mol.